The molecule has 0 fully saturated rings. The summed E-state index contributed by atoms with van der Waals surface area (Å²) in [7, 11) is 4.58. The number of amides is 1. The fraction of sp³-hybridized carbons (Fsp3) is 0.300. The molecular weight excluding hydrogens is 364 g/mol. The van der Waals surface area contributed by atoms with Gasteiger partial charge in [-0.3, -0.25) is 4.79 Å². The van der Waals surface area contributed by atoms with Crippen LogP contribution in [-0.4, -0.2) is 44.2 Å². The maximum absolute atomic E-state index is 12.5. The molecule has 1 atom stereocenters. The van der Waals surface area contributed by atoms with Crippen LogP contribution in [0.3, 0.4) is 0 Å². The molecule has 3 rings (SSSR count). The van der Waals surface area contributed by atoms with Crippen molar-refractivity contribution in [2.24, 2.45) is 5.16 Å². The number of rotatable bonds is 6. The molecule has 8 heteroatoms. The lowest BCUT2D eigenvalue weighted by atomic mass is 10.0. The Hall–Kier alpha value is -3.42. The highest BCUT2D eigenvalue weighted by Gasteiger charge is 2.30. The molecule has 1 heterocycles. The number of hydrogen-bond donors (Lipinski definition) is 2. The fourth-order valence-electron chi connectivity index (χ4n) is 2.90. The average Bonchev–Trinajstić information content (AvgIpc) is 3.20. The molecule has 0 unspecified atom stereocenters. The Bertz CT molecular complexity index is 900. The van der Waals surface area contributed by atoms with Crippen molar-refractivity contribution in [1.29, 1.82) is 0 Å². The number of oxime groups is 1. The van der Waals surface area contributed by atoms with Crippen LogP contribution in [0, 0.1) is 6.92 Å². The lowest BCUT2D eigenvalue weighted by molar-refractivity contribution is -0.125. The normalized spacial score (nSPS) is 15.4. The van der Waals surface area contributed by atoms with Crippen LogP contribution in [0.4, 0.5) is 5.69 Å². The molecule has 0 saturated carbocycles. The van der Waals surface area contributed by atoms with Gasteiger partial charge in [-0.05, 0) is 36.8 Å². The van der Waals surface area contributed by atoms with Gasteiger partial charge in [-0.2, -0.15) is 0 Å². The third-order valence-corrected chi connectivity index (χ3v) is 4.37. The van der Waals surface area contributed by atoms with Crippen molar-refractivity contribution in [2.75, 3.05) is 26.6 Å². The molecular formula is C20H22N2O6. The molecule has 1 aliphatic rings. The SMILES string of the molecule is COc1cc(C2=NO[C@H](C(=O)Nc3cc(C)ccc3O)C2)cc(OC)c1OC. The number of nitrogens with one attached hydrogen (secondary N) is 1. The van der Waals surface area contributed by atoms with Gasteiger partial charge in [-0.25, -0.2) is 0 Å². The zero-order valence-electron chi connectivity index (χ0n) is 16.1. The Morgan fingerprint density at radius 1 is 1.14 bits per heavy atom. The molecule has 1 amide bonds. The number of carbonyl (C=O) groups is 1. The summed E-state index contributed by atoms with van der Waals surface area (Å²) in [5, 5.41) is 16.6. The van der Waals surface area contributed by atoms with E-state index in [0.717, 1.165) is 5.56 Å². The van der Waals surface area contributed by atoms with E-state index >= 15 is 0 Å². The molecule has 2 aromatic carbocycles. The lowest BCUT2D eigenvalue weighted by Crippen LogP contribution is -2.28. The van der Waals surface area contributed by atoms with Crippen LogP contribution >= 0.6 is 0 Å². The second-order valence-electron chi connectivity index (χ2n) is 6.26. The monoisotopic (exact) mass is 386 g/mol. The van der Waals surface area contributed by atoms with Gasteiger partial charge in [0.25, 0.3) is 5.91 Å². The van der Waals surface area contributed by atoms with Gasteiger partial charge in [0.05, 0.1) is 32.7 Å². The van der Waals surface area contributed by atoms with Crippen molar-refractivity contribution >= 4 is 17.3 Å². The minimum Gasteiger partial charge on any atom is -0.506 e. The second-order valence-corrected chi connectivity index (χ2v) is 6.26. The Morgan fingerprint density at radius 3 is 2.43 bits per heavy atom. The van der Waals surface area contributed by atoms with Gasteiger partial charge < -0.3 is 29.5 Å². The summed E-state index contributed by atoms with van der Waals surface area (Å²) in [4.78, 5) is 17.8. The molecule has 0 radical (unpaired) electrons. The van der Waals surface area contributed by atoms with E-state index in [9.17, 15) is 9.90 Å². The van der Waals surface area contributed by atoms with Gasteiger partial charge in [0.15, 0.2) is 11.5 Å². The zero-order chi connectivity index (χ0) is 20.3. The molecule has 0 aliphatic carbocycles. The highest BCUT2D eigenvalue weighted by molar-refractivity contribution is 6.07. The maximum Gasteiger partial charge on any atom is 0.268 e. The van der Waals surface area contributed by atoms with Crippen molar-refractivity contribution in [3.05, 3.63) is 41.5 Å². The summed E-state index contributed by atoms with van der Waals surface area (Å²) in [5.74, 6) is 1.03. The second kappa shape index (κ2) is 8.08. The maximum atomic E-state index is 12.5. The number of ether oxygens (including phenoxy) is 3. The van der Waals surface area contributed by atoms with E-state index in [4.69, 9.17) is 19.0 Å². The number of aromatic hydroxyl groups is 1. The van der Waals surface area contributed by atoms with Crippen molar-refractivity contribution in [3.63, 3.8) is 0 Å². The largest absolute Gasteiger partial charge is 0.506 e. The van der Waals surface area contributed by atoms with Crippen molar-refractivity contribution in [3.8, 4) is 23.0 Å². The molecule has 28 heavy (non-hydrogen) atoms. The van der Waals surface area contributed by atoms with E-state index in [1.54, 1.807) is 24.3 Å². The van der Waals surface area contributed by atoms with E-state index in [2.05, 4.69) is 10.5 Å². The fourth-order valence-corrected chi connectivity index (χ4v) is 2.90. The molecule has 0 aromatic heterocycles. The van der Waals surface area contributed by atoms with Gasteiger partial charge in [0.1, 0.15) is 5.75 Å². The number of hydrogen-bond acceptors (Lipinski definition) is 7. The first-order chi connectivity index (χ1) is 13.5. The number of phenols is 1. The molecule has 0 bridgehead atoms. The predicted molar refractivity (Wildman–Crippen MR) is 104 cm³/mol. The van der Waals surface area contributed by atoms with Gasteiger partial charge in [-0.15, -0.1) is 0 Å². The van der Waals surface area contributed by atoms with Crippen molar-refractivity contribution in [2.45, 2.75) is 19.4 Å². The smallest absolute Gasteiger partial charge is 0.268 e. The highest BCUT2D eigenvalue weighted by atomic mass is 16.6. The first-order valence-corrected chi connectivity index (χ1v) is 8.60. The molecule has 0 saturated heterocycles. The molecule has 2 N–H and O–H groups in total. The van der Waals surface area contributed by atoms with Gasteiger partial charge in [0, 0.05) is 12.0 Å². The van der Waals surface area contributed by atoms with E-state index < -0.39 is 12.0 Å². The number of aryl methyl sites for hydroxylation is 1. The quantitative estimate of drug-likeness (QED) is 0.741. The summed E-state index contributed by atoms with van der Waals surface area (Å²) in [5.41, 5.74) is 2.51. The van der Waals surface area contributed by atoms with Crippen LogP contribution in [-0.2, 0) is 9.63 Å². The standard InChI is InChI=1S/C20H22N2O6/c1-11-5-6-15(23)14(7-11)21-20(24)18-10-13(22-28-18)12-8-16(25-2)19(27-4)17(9-12)26-3/h5-9,18,23H,10H2,1-4H3,(H,21,24)/t18-/m0/s1. The molecule has 8 nitrogen and oxygen atoms in total. The summed E-state index contributed by atoms with van der Waals surface area (Å²) >= 11 is 0. The number of nitrogens with zero attached hydrogens (tertiary/aromatic N) is 1. The number of phenolic OH excluding ortho intramolecular Hbond substituents is 1. The topological polar surface area (TPSA) is 98.6 Å². The first kappa shape index (κ1) is 19.3. The minimum atomic E-state index is -0.811. The lowest BCUT2D eigenvalue weighted by Gasteiger charge is -2.14. The van der Waals surface area contributed by atoms with E-state index in [-0.39, 0.29) is 12.2 Å². The Kier molecular flexibility index (Phi) is 5.58. The number of carbonyl (C=O) groups excluding carboxylic acids is 1. The van der Waals surface area contributed by atoms with Crippen molar-refractivity contribution in [1.82, 2.24) is 0 Å². The number of benzene rings is 2. The Balaban J connectivity index is 1.76. The van der Waals surface area contributed by atoms with Crippen LogP contribution in [0.15, 0.2) is 35.5 Å². The number of anilines is 1. The third kappa shape index (κ3) is 3.80. The van der Waals surface area contributed by atoms with Crippen LogP contribution in [0.1, 0.15) is 17.5 Å². The summed E-state index contributed by atoms with van der Waals surface area (Å²) < 4.78 is 16.0. The van der Waals surface area contributed by atoms with Gasteiger partial charge in [-0.1, -0.05) is 11.2 Å². The summed E-state index contributed by atoms with van der Waals surface area (Å²) in [6, 6.07) is 8.45. The Labute approximate surface area is 162 Å². The van der Waals surface area contributed by atoms with E-state index in [1.165, 1.54) is 27.4 Å². The van der Waals surface area contributed by atoms with Crippen LogP contribution < -0.4 is 19.5 Å². The van der Waals surface area contributed by atoms with Crippen LogP contribution in [0.5, 0.6) is 23.0 Å². The predicted octanol–water partition coefficient (Wildman–Crippen LogP) is 2.86. The average molecular weight is 386 g/mol. The third-order valence-electron chi connectivity index (χ3n) is 4.37. The van der Waals surface area contributed by atoms with E-state index in [1.807, 2.05) is 6.92 Å². The molecule has 1 aliphatic heterocycles. The zero-order valence-corrected chi connectivity index (χ0v) is 16.1. The van der Waals surface area contributed by atoms with Crippen molar-refractivity contribution < 1.29 is 28.9 Å². The van der Waals surface area contributed by atoms with Gasteiger partial charge >= 0.3 is 0 Å². The van der Waals surface area contributed by atoms with Crippen LogP contribution in [0.25, 0.3) is 0 Å². The van der Waals surface area contributed by atoms with Crippen LogP contribution in [0.2, 0.25) is 0 Å². The van der Waals surface area contributed by atoms with E-state index in [0.29, 0.717) is 34.2 Å². The Morgan fingerprint density at radius 2 is 1.82 bits per heavy atom. The summed E-state index contributed by atoms with van der Waals surface area (Å²) in [6.45, 7) is 1.87. The minimum absolute atomic E-state index is 0.0114. The molecule has 2 aromatic rings. The van der Waals surface area contributed by atoms with Gasteiger partial charge in [0.2, 0.25) is 11.9 Å². The first-order valence-electron chi connectivity index (χ1n) is 8.60. The number of methoxy groups -OCH3 is 3. The highest BCUT2D eigenvalue weighted by Crippen LogP contribution is 2.39. The summed E-state index contributed by atoms with van der Waals surface area (Å²) in [6.07, 6.45) is -0.550. The molecule has 0 spiro atoms. The molecule has 148 valence electrons.